The third-order valence-electron chi connectivity index (χ3n) is 7.06. The molecule has 2 aromatic rings. The molecule has 0 radical (unpaired) electrons. The van der Waals surface area contributed by atoms with Crippen molar-refractivity contribution < 1.29 is 19.1 Å². The molecule has 0 aliphatic carbocycles. The minimum atomic E-state index is -1.31. The van der Waals surface area contributed by atoms with E-state index in [9.17, 15) is 19.1 Å². The van der Waals surface area contributed by atoms with Crippen molar-refractivity contribution in [3.8, 4) is 0 Å². The van der Waals surface area contributed by atoms with Gasteiger partial charge in [-0.2, -0.15) is 0 Å². The normalized spacial score (nSPS) is 19.4. The summed E-state index contributed by atoms with van der Waals surface area (Å²) in [5.74, 6) is 0.257. The summed E-state index contributed by atoms with van der Waals surface area (Å²) in [6, 6.07) is 3.29. The second kappa shape index (κ2) is 11.0. The number of carbonyl (C=O) groups excluding carboxylic acids is 1. The zero-order valence-electron chi connectivity index (χ0n) is 21.5. The number of piperazine rings is 1. The second-order valence-electron chi connectivity index (χ2n) is 10.5. The summed E-state index contributed by atoms with van der Waals surface area (Å²) >= 11 is 7.77. The topological polar surface area (TPSA) is 98.7 Å². The standard InChI is InChI=1S/C26H33ClFN5O3S/c1-5-19-20-18(13-37-19)29-14-30-23(20)32-8-10-33(11-9-32)24(34)22(31-25(35)36)21(26(2,3)4)15-6-7-16(27)17(28)12-15/h6-7,12,14,19,21-22,31H,5,8-11,13H2,1-4H3,(H,35,36)/t19?,21?,22-/m1/s1. The Labute approximate surface area is 226 Å². The van der Waals surface area contributed by atoms with Crippen molar-refractivity contribution in [2.75, 3.05) is 31.1 Å². The fourth-order valence-corrected chi connectivity index (χ4v) is 6.71. The van der Waals surface area contributed by atoms with Crippen LogP contribution in [0.1, 0.15) is 62.1 Å². The first-order chi connectivity index (χ1) is 17.5. The van der Waals surface area contributed by atoms with Crippen LogP contribution < -0.4 is 10.2 Å². The van der Waals surface area contributed by atoms with Gasteiger partial charge >= 0.3 is 6.09 Å². The lowest BCUT2D eigenvalue weighted by Gasteiger charge is -2.41. The van der Waals surface area contributed by atoms with E-state index in [0.717, 1.165) is 23.7 Å². The molecule has 2 aliphatic rings. The van der Waals surface area contributed by atoms with Crippen LogP contribution in [-0.4, -0.2) is 64.2 Å². The fraction of sp³-hybridized carbons (Fsp3) is 0.538. The number of nitrogens with zero attached hydrogens (tertiary/aromatic N) is 4. The number of anilines is 1. The number of halogens is 2. The van der Waals surface area contributed by atoms with Crippen LogP contribution in [-0.2, 0) is 10.5 Å². The van der Waals surface area contributed by atoms with Gasteiger partial charge < -0.3 is 20.2 Å². The molecule has 2 amide bonds. The molecule has 11 heteroatoms. The molecule has 8 nitrogen and oxygen atoms in total. The summed E-state index contributed by atoms with van der Waals surface area (Å²) in [5, 5.41) is 12.4. The molecule has 3 atom stereocenters. The molecule has 1 aromatic heterocycles. The van der Waals surface area contributed by atoms with Gasteiger partial charge in [-0.25, -0.2) is 19.2 Å². The van der Waals surface area contributed by atoms with Gasteiger partial charge in [0.2, 0.25) is 5.91 Å². The number of carboxylic acid groups (broad SMARTS) is 1. The van der Waals surface area contributed by atoms with Crippen molar-refractivity contribution in [2.24, 2.45) is 5.41 Å². The van der Waals surface area contributed by atoms with Crippen molar-refractivity contribution in [1.29, 1.82) is 0 Å². The summed E-state index contributed by atoms with van der Waals surface area (Å²) in [6.07, 6.45) is 1.30. The number of rotatable bonds is 6. The van der Waals surface area contributed by atoms with E-state index in [2.05, 4.69) is 27.1 Å². The van der Waals surface area contributed by atoms with Gasteiger partial charge in [0.1, 0.15) is 24.0 Å². The van der Waals surface area contributed by atoms with Gasteiger partial charge in [0.05, 0.1) is 10.7 Å². The van der Waals surface area contributed by atoms with Crippen LogP contribution in [0.5, 0.6) is 0 Å². The van der Waals surface area contributed by atoms with E-state index >= 15 is 0 Å². The zero-order chi connectivity index (χ0) is 26.9. The first kappa shape index (κ1) is 27.4. The lowest BCUT2D eigenvalue weighted by Crippen LogP contribution is -2.58. The number of hydrogen-bond donors (Lipinski definition) is 2. The first-order valence-corrected chi connectivity index (χ1v) is 13.9. The molecule has 1 aromatic carbocycles. The predicted molar refractivity (Wildman–Crippen MR) is 144 cm³/mol. The molecular weight excluding hydrogens is 517 g/mol. The molecule has 1 saturated heterocycles. The lowest BCUT2D eigenvalue weighted by atomic mass is 9.71. The van der Waals surface area contributed by atoms with Gasteiger partial charge in [-0.1, -0.05) is 45.4 Å². The molecule has 2 unspecified atom stereocenters. The number of carbonyl (C=O) groups is 2. The minimum Gasteiger partial charge on any atom is -0.465 e. The smallest absolute Gasteiger partial charge is 0.405 e. The summed E-state index contributed by atoms with van der Waals surface area (Å²) in [5.41, 5.74) is 2.23. The Balaban J connectivity index is 1.57. The molecule has 3 heterocycles. The highest BCUT2D eigenvalue weighted by Crippen LogP contribution is 2.46. The number of benzene rings is 1. The Bertz CT molecular complexity index is 1170. The Morgan fingerprint density at radius 2 is 1.95 bits per heavy atom. The van der Waals surface area contributed by atoms with Crippen LogP contribution in [0.15, 0.2) is 24.5 Å². The van der Waals surface area contributed by atoms with Gasteiger partial charge in [0.15, 0.2) is 0 Å². The summed E-state index contributed by atoms with van der Waals surface area (Å²) in [7, 11) is 0. The molecule has 2 aliphatic heterocycles. The molecule has 0 saturated carbocycles. The third kappa shape index (κ3) is 5.80. The number of nitrogens with one attached hydrogen (secondary N) is 1. The van der Waals surface area contributed by atoms with Gasteiger partial charge in [-0.05, 0) is 29.5 Å². The monoisotopic (exact) mass is 549 g/mol. The van der Waals surface area contributed by atoms with Gasteiger partial charge in [0, 0.05) is 48.7 Å². The SMILES string of the molecule is CCC1SCc2ncnc(N3CCN(C(=O)[C@H](NC(=O)O)C(c4ccc(Cl)c(F)c4)C(C)(C)C)CC3)c21. The van der Waals surface area contributed by atoms with E-state index in [0.29, 0.717) is 37.0 Å². The van der Waals surface area contributed by atoms with E-state index in [1.165, 1.54) is 17.7 Å². The maximum absolute atomic E-state index is 14.4. The summed E-state index contributed by atoms with van der Waals surface area (Å²) in [4.78, 5) is 38.5. The summed E-state index contributed by atoms with van der Waals surface area (Å²) in [6.45, 7) is 9.87. The molecule has 1 fully saturated rings. The van der Waals surface area contributed by atoms with E-state index in [4.69, 9.17) is 11.6 Å². The Kier molecular flexibility index (Phi) is 8.18. The quantitative estimate of drug-likeness (QED) is 0.518. The summed E-state index contributed by atoms with van der Waals surface area (Å²) < 4.78 is 14.4. The maximum Gasteiger partial charge on any atom is 0.405 e. The molecule has 0 spiro atoms. The van der Waals surface area contributed by atoms with Gasteiger partial charge in [0.25, 0.3) is 0 Å². The average Bonchev–Trinajstić information content (AvgIpc) is 3.28. The van der Waals surface area contributed by atoms with E-state index in [-0.39, 0.29) is 10.9 Å². The van der Waals surface area contributed by atoms with Crippen LogP contribution in [0.2, 0.25) is 5.02 Å². The first-order valence-electron chi connectivity index (χ1n) is 12.4. The van der Waals surface area contributed by atoms with Crippen LogP contribution in [0, 0.1) is 11.2 Å². The highest BCUT2D eigenvalue weighted by Gasteiger charge is 2.42. The van der Waals surface area contributed by atoms with Crippen LogP contribution in [0.25, 0.3) is 0 Å². The molecule has 2 N–H and O–H groups in total. The van der Waals surface area contributed by atoms with E-state index in [1.807, 2.05) is 32.5 Å². The average molecular weight is 550 g/mol. The Morgan fingerprint density at radius 3 is 2.54 bits per heavy atom. The van der Waals surface area contributed by atoms with Crippen molar-refractivity contribution >= 4 is 41.2 Å². The van der Waals surface area contributed by atoms with Crippen LogP contribution in [0.4, 0.5) is 15.0 Å². The maximum atomic E-state index is 14.4. The van der Waals surface area contributed by atoms with E-state index < -0.39 is 29.3 Å². The largest absolute Gasteiger partial charge is 0.465 e. The number of amides is 2. The van der Waals surface area contributed by atoms with Crippen molar-refractivity contribution in [2.45, 2.75) is 57.1 Å². The second-order valence-corrected chi connectivity index (χ2v) is 12.1. The Hall–Kier alpha value is -2.59. The number of fused-ring (bicyclic) bond motifs is 1. The fourth-order valence-electron chi connectivity index (χ4n) is 5.36. The lowest BCUT2D eigenvalue weighted by molar-refractivity contribution is -0.135. The van der Waals surface area contributed by atoms with Crippen LogP contribution in [0.3, 0.4) is 0 Å². The third-order valence-corrected chi connectivity index (χ3v) is 8.78. The highest BCUT2D eigenvalue weighted by atomic mass is 35.5. The predicted octanol–water partition coefficient (Wildman–Crippen LogP) is 5.08. The zero-order valence-corrected chi connectivity index (χ0v) is 23.1. The number of thioether (sulfide) groups is 1. The van der Waals surface area contributed by atoms with Crippen molar-refractivity contribution in [3.05, 3.63) is 52.2 Å². The number of hydrogen-bond acceptors (Lipinski definition) is 6. The van der Waals surface area contributed by atoms with Gasteiger partial charge in [-0.15, -0.1) is 11.8 Å². The molecular formula is C26H33ClFN5O3S. The highest BCUT2D eigenvalue weighted by molar-refractivity contribution is 7.99. The molecule has 0 bridgehead atoms. The molecule has 37 heavy (non-hydrogen) atoms. The van der Waals surface area contributed by atoms with Crippen LogP contribution >= 0.6 is 23.4 Å². The van der Waals surface area contributed by atoms with Crippen molar-refractivity contribution in [1.82, 2.24) is 20.2 Å². The van der Waals surface area contributed by atoms with Gasteiger partial charge in [-0.3, -0.25) is 4.79 Å². The molecule has 200 valence electrons. The Morgan fingerprint density at radius 1 is 1.24 bits per heavy atom. The van der Waals surface area contributed by atoms with Crippen molar-refractivity contribution in [3.63, 3.8) is 0 Å². The minimum absolute atomic E-state index is 0.0264. The van der Waals surface area contributed by atoms with E-state index in [1.54, 1.807) is 17.3 Å². The molecule has 4 rings (SSSR count). The number of aromatic nitrogens is 2.